The van der Waals surface area contributed by atoms with Gasteiger partial charge in [0.1, 0.15) is 5.52 Å². The van der Waals surface area contributed by atoms with Crippen molar-refractivity contribution in [1.82, 2.24) is 15.0 Å². The lowest BCUT2D eigenvalue weighted by molar-refractivity contribution is -0.897. The van der Waals surface area contributed by atoms with Crippen LogP contribution in [0, 0.1) is 6.92 Å². The summed E-state index contributed by atoms with van der Waals surface area (Å²) in [7, 11) is 0. The molecule has 0 radical (unpaired) electrons. The lowest BCUT2D eigenvalue weighted by Gasteiger charge is -2.29. The number of carbonyl (C=O) groups is 1. The van der Waals surface area contributed by atoms with Crippen molar-refractivity contribution in [3.05, 3.63) is 53.1 Å². The number of quaternary nitrogens is 1. The first-order chi connectivity index (χ1) is 14.2. The van der Waals surface area contributed by atoms with Gasteiger partial charge >= 0.3 is 0 Å². The Bertz CT molecular complexity index is 1050. The van der Waals surface area contributed by atoms with Crippen LogP contribution in [0.3, 0.4) is 0 Å². The topological polar surface area (TPSA) is 64.2 Å². The smallest absolute Gasteiger partial charge is 0.279 e. The Hall–Kier alpha value is -2.73. The Morgan fingerprint density at radius 2 is 1.97 bits per heavy atom. The molecule has 1 aromatic heterocycles. The summed E-state index contributed by atoms with van der Waals surface area (Å²) in [5.41, 5.74) is 7.05. The van der Waals surface area contributed by atoms with Gasteiger partial charge in [-0.2, -0.15) is 0 Å². The van der Waals surface area contributed by atoms with E-state index in [1.54, 1.807) is 0 Å². The van der Waals surface area contributed by atoms with Crippen LogP contribution in [-0.2, 0) is 17.6 Å². The lowest BCUT2D eigenvalue weighted by atomic mass is 10.0. The van der Waals surface area contributed by atoms with E-state index in [4.69, 9.17) is 0 Å². The average molecular weight is 391 g/mol. The van der Waals surface area contributed by atoms with Crippen LogP contribution in [0.15, 0.2) is 36.4 Å². The number of piperidine rings is 1. The molecule has 0 atom stereocenters. The molecule has 2 aliphatic rings. The number of carbonyl (C=O) groups excluding carboxylic acids is 1. The second kappa shape index (κ2) is 7.59. The Morgan fingerprint density at radius 1 is 1.14 bits per heavy atom. The van der Waals surface area contributed by atoms with Crippen molar-refractivity contribution in [3.8, 4) is 0 Å². The van der Waals surface area contributed by atoms with E-state index in [0.29, 0.717) is 12.6 Å². The molecule has 0 unspecified atom stereocenters. The maximum atomic E-state index is 12.5. The molecule has 2 heterocycles. The minimum absolute atomic E-state index is 0.109. The van der Waals surface area contributed by atoms with Crippen molar-refractivity contribution in [2.45, 2.75) is 45.1 Å². The molecule has 6 heteroatoms. The number of aryl methyl sites for hydroxylation is 3. The number of likely N-dealkylation sites (tertiary alicyclic amines) is 1. The van der Waals surface area contributed by atoms with Crippen LogP contribution in [0.25, 0.3) is 11.0 Å². The van der Waals surface area contributed by atoms with E-state index >= 15 is 0 Å². The van der Waals surface area contributed by atoms with Gasteiger partial charge in [-0.3, -0.25) is 4.79 Å². The van der Waals surface area contributed by atoms with Crippen LogP contribution in [0.5, 0.6) is 0 Å². The van der Waals surface area contributed by atoms with E-state index < -0.39 is 0 Å². The zero-order valence-corrected chi connectivity index (χ0v) is 16.9. The third kappa shape index (κ3) is 3.77. The molecule has 1 amide bonds. The van der Waals surface area contributed by atoms with Gasteiger partial charge in [-0.25, -0.2) is 4.68 Å². The van der Waals surface area contributed by atoms with Crippen molar-refractivity contribution < 1.29 is 9.69 Å². The van der Waals surface area contributed by atoms with Crippen LogP contribution in [0.4, 0.5) is 5.69 Å². The van der Waals surface area contributed by atoms with Gasteiger partial charge in [0.2, 0.25) is 0 Å². The van der Waals surface area contributed by atoms with E-state index in [-0.39, 0.29) is 5.91 Å². The number of hydrogen-bond donors (Lipinski definition) is 2. The Morgan fingerprint density at radius 3 is 2.83 bits per heavy atom. The second-order valence-electron chi connectivity index (χ2n) is 8.57. The predicted molar refractivity (Wildman–Crippen MR) is 113 cm³/mol. The number of aromatic nitrogens is 3. The molecule has 150 valence electrons. The Labute approximate surface area is 170 Å². The fourth-order valence-corrected chi connectivity index (χ4v) is 4.84. The number of nitrogens with zero attached hydrogens (tertiary/aromatic N) is 3. The maximum absolute atomic E-state index is 12.5. The molecule has 5 rings (SSSR count). The van der Waals surface area contributed by atoms with Gasteiger partial charge in [-0.15, -0.1) is 5.10 Å². The molecule has 6 nitrogen and oxygen atoms in total. The highest BCUT2D eigenvalue weighted by Gasteiger charge is 2.27. The van der Waals surface area contributed by atoms with Gasteiger partial charge in [0, 0.05) is 18.5 Å². The molecule has 2 aromatic carbocycles. The quantitative estimate of drug-likeness (QED) is 0.717. The SMILES string of the molecule is Cc1ccc2c(c1)nnn2C1CC[NH+](CC(=O)Nc2ccc3c(c2)CCC3)CC1. The van der Waals surface area contributed by atoms with Crippen LogP contribution in [0.2, 0.25) is 0 Å². The second-order valence-corrected chi connectivity index (χ2v) is 8.57. The molecule has 1 saturated heterocycles. The van der Waals surface area contributed by atoms with E-state index in [1.165, 1.54) is 34.4 Å². The zero-order valence-electron chi connectivity index (χ0n) is 16.9. The minimum Gasteiger partial charge on any atom is -0.327 e. The molecule has 0 saturated carbocycles. The Balaban J connectivity index is 1.17. The number of anilines is 1. The molecule has 1 fully saturated rings. The maximum Gasteiger partial charge on any atom is 0.279 e. The predicted octanol–water partition coefficient (Wildman–Crippen LogP) is 2.09. The van der Waals surface area contributed by atoms with Crippen molar-refractivity contribution in [3.63, 3.8) is 0 Å². The van der Waals surface area contributed by atoms with Crippen LogP contribution in [-0.4, -0.2) is 40.5 Å². The van der Waals surface area contributed by atoms with E-state index in [0.717, 1.165) is 49.1 Å². The number of benzene rings is 2. The average Bonchev–Trinajstić information content (AvgIpc) is 3.34. The molecule has 0 bridgehead atoms. The molecule has 1 aliphatic carbocycles. The normalized spacial score (nSPS) is 21.3. The van der Waals surface area contributed by atoms with E-state index in [9.17, 15) is 4.79 Å². The number of fused-ring (bicyclic) bond motifs is 2. The number of rotatable bonds is 4. The summed E-state index contributed by atoms with van der Waals surface area (Å²) in [5, 5.41) is 11.8. The fraction of sp³-hybridized carbons (Fsp3) is 0.435. The summed E-state index contributed by atoms with van der Waals surface area (Å²) in [6.07, 6.45) is 5.58. The van der Waals surface area contributed by atoms with Crippen molar-refractivity contribution in [2.24, 2.45) is 0 Å². The Kier molecular flexibility index (Phi) is 4.79. The molecule has 2 N–H and O–H groups in total. The number of hydrogen-bond acceptors (Lipinski definition) is 3. The summed E-state index contributed by atoms with van der Waals surface area (Å²) in [5.74, 6) is 0.109. The lowest BCUT2D eigenvalue weighted by Crippen LogP contribution is -3.14. The van der Waals surface area contributed by atoms with E-state index in [2.05, 4.69) is 57.6 Å². The van der Waals surface area contributed by atoms with E-state index in [1.807, 2.05) is 6.07 Å². The first-order valence-electron chi connectivity index (χ1n) is 10.7. The first kappa shape index (κ1) is 18.3. The highest BCUT2D eigenvalue weighted by Crippen LogP contribution is 2.25. The number of nitrogens with one attached hydrogen (secondary N) is 2. The highest BCUT2D eigenvalue weighted by molar-refractivity contribution is 5.91. The van der Waals surface area contributed by atoms with Crippen LogP contribution < -0.4 is 10.2 Å². The van der Waals surface area contributed by atoms with Gasteiger partial charge in [-0.1, -0.05) is 17.3 Å². The van der Waals surface area contributed by atoms with Gasteiger partial charge in [0.05, 0.1) is 24.6 Å². The third-order valence-electron chi connectivity index (χ3n) is 6.43. The summed E-state index contributed by atoms with van der Waals surface area (Å²) in [6.45, 7) is 4.57. The number of amides is 1. The van der Waals surface area contributed by atoms with Crippen LogP contribution >= 0.6 is 0 Å². The van der Waals surface area contributed by atoms with Gasteiger partial charge in [-0.05, 0) is 67.1 Å². The van der Waals surface area contributed by atoms with Crippen molar-refractivity contribution >= 4 is 22.6 Å². The molecule has 29 heavy (non-hydrogen) atoms. The minimum atomic E-state index is 0.109. The fourth-order valence-electron chi connectivity index (χ4n) is 4.84. The zero-order chi connectivity index (χ0) is 19.8. The summed E-state index contributed by atoms with van der Waals surface area (Å²) >= 11 is 0. The van der Waals surface area contributed by atoms with Crippen molar-refractivity contribution in [2.75, 3.05) is 25.0 Å². The molecule has 0 spiro atoms. The molecular formula is C23H28N5O+. The first-order valence-corrected chi connectivity index (χ1v) is 10.7. The summed E-state index contributed by atoms with van der Waals surface area (Å²) < 4.78 is 2.08. The van der Waals surface area contributed by atoms with Crippen LogP contribution in [0.1, 0.15) is 42.0 Å². The largest absolute Gasteiger partial charge is 0.327 e. The summed E-state index contributed by atoms with van der Waals surface area (Å²) in [6, 6.07) is 13.1. The standard InChI is InChI=1S/C23H27N5O/c1-16-5-8-22-21(13-16)25-26-28(22)20-9-11-27(12-10-20)15-23(29)24-19-7-6-17-3-2-4-18(17)14-19/h5-8,13-14,20H,2-4,9-12,15H2,1H3,(H,24,29)/p+1. The summed E-state index contributed by atoms with van der Waals surface area (Å²) in [4.78, 5) is 13.9. The van der Waals surface area contributed by atoms with Gasteiger partial charge in [0.15, 0.2) is 6.54 Å². The molecule has 3 aromatic rings. The highest BCUT2D eigenvalue weighted by atomic mass is 16.2. The molecular weight excluding hydrogens is 362 g/mol. The monoisotopic (exact) mass is 390 g/mol. The molecule has 1 aliphatic heterocycles. The van der Waals surface area contributed by atoms with Gasteiger partial charge < -0.3 is 10.2 Å². The van der Waals surface area contributed by atoms with Crippen molar-refractivity contribution in [1.29, 1.82) is 0 Å². The third-order valence-corrected chi connectivity index (χ3v) is 6.43. The van der Waals surface area contributed by atoms with Gasteiger partial charge in [0.25, 0.3) is 5.91 Å².